The summed E-state index contributed by atoms with van der Waals surface area (Å²) in [5.41, 5.74) is 0. The van der Waals surface area contributed by atoms with E-state index in [2.05, 4.69) is 13.8 Å². The smallest absolute Gasteiger partial charge is 0.186 e. The van der Waals surface area contributed by atoms with Gasteiger partial charge in [0.1, 0.15) is 0 Å². The van der Waals surface area contributed by atoms with E-state index in [0.717, 1.165) is 0 Å². The van der Waals surface area contributed by atoms with Gasteiger partial charge in [-0.05, 0) is 0 Å². The molecule has 0 saturated heterocycles. The third-order valence-corrected chi connectivity index (χ3v) is 0.957. The Kier molecular flexibility index (Phi) is 38.5. The van der Waals surface area contributed by atoms with Gasteiger partial charge in [0.2, 0.25) is 0 Å². The molecule has 10 heavy (non-hydrogen) atoms. The summed E-state index contributed by atoms with van der Waals surface area (Å²) in [6.45, 7) is 4.46. The van der Waals surface area contributed by atoms with Crippen LogP contribution in [0.2, 0.25) is 0 Å². The molecule has 0 aliphatic carbocycles. The van der Waals surface area contributed by atoms with E-state index in [1.54, 1.807) is 0 Å². The van der Waals surface area contributed by atoms with Crippen LogP contribution in [0, 0.1) is 7.43 Å². The Hall–Kier alpha value is -0.620. The average Bonchev–Trinajstić information content (AvgIpc) is 1.86. The van der Waals surface area contributed by atoms with Crippen LogP contribution in [-0.2, 0) is 9.59 Å². The third kappa shape index (κ3) is 53.0. The molecular formula is C8H14O2. The summed E-state index contributed by atoms with van der Waals surface area (Å²) in [6.07, 6.45) is 5.79. The van der Waals surface area contributed by atoms with Crippen molar-refractivity contribution in [2.75, 3.05) is 0 Å². The van der Waals surface area contributed by atoms with Crippen LogP contribution in [-0.4, -0.2) is 6.15 Å². The van der Waals surface area contributed by atoms with Gasteiger partial charge in [-0.2, -0.15) is 9.59 Å². The molecule has 0 fully saturated rings. The summed E-state index contributed by atoms with van der Waals surface area (Å²) in [5, 5.41) is 0. The predicted molar refractivity (Wildman–Crippen MR) is 38.1 cm³/mol. The minimum absolute atomic E-state index is 0. The molecule has 0 aliphatic rings. The molecule has 0 aromatic heterocycles. The molecule has 0 N–H and O–H groups in total. The Morgan fingerprint density at radius 3 is 1.30 bits per heavy atom. The van der Waals surface area contributed by atoms with E-state index in [1.807, 2.05) is 0 Å². The summed E-state index contributed by atoms with van der Waals surface area (Å²) < 4.78 is 0. The summed E-state index contributed by atoms with van der Waals surface area (Å²) in [5.74, 6) is 0. The monoisotopic (exact) mass is 142 g/mol. The lowest BCUT2D eigenvalue weighted by molar-refractivity contribution is -0.191. The number of unbranched alkanes of at least 4 members (excludes halogenated alkanes) is 3. The second-order valence-corrected chi connectivity index (χ2v) is 1.79. The summed E-state index contributed by atoms with van der Waals surface area (Å²) in [4.78, 5) is 16.2. The van der Waals surface area contributed by atoms with Crippen LogP contribution in [0.15, 0.2) is 0 Å². The minimum Gasteiger partial charge on any atom is -0.186 e. The average molecular weight is 142 g/mol. The van der Waals surface area contributed by atoms with Gasteiger partial charge in [-0.3, -0.25) is 0 Å². The zero-order valence-corrected chi connectivity index (χ0v) is 6.64. The Bertz CT molecular complexity index is 59.7. The lowest BCUT2D eigenvalue weighted by Crippen LogP contribution is -1.66. The number of rotatable bonds is 3. The maximum absolute atomic E-state index is 8.12. The highest BCUT2D eigenvalue weighted by molar-refractivity contribution is 5.20. The summed E-state index contributed by atoms with van der Waals surface area (Å²) >= 11 is 0. The van der Waals surface area contributed by atoms with Crippen LogP contribution in [0.3, 0.4) is 0 Å². The van der Waals surface area contributed by atoms with E-state index in [0.29, 0.717) is 0 Å². The van der Waals surface area contributed by atoms with Crippen LogP contribution < -0.4 is 0 Å². The van der Waals surface area contributed by atoms with Crippen molar-refractivity contribution in [3.8, 4) is 0 Å². The molecule has 0 unspecified atom stereocenters. The largest absolute Gasteiger partial charge is 0.373 e. The normalized spacial score (nSPS) is 6.20. The zero-order valence-electron chi connectivity index (χ0n) is 6.64. The fraction of sp³-hybridized carbons (Fsp3) is 0.750. The fourth-order valence-corrected chi connectivity index (χ4v) is 0.500. The number of hydrogen-bond donors (Lipinski definition) is 0. The zero-order chi connectivity index (χ0) is 7.54. The minimum atomic E-state index is 0. The molecule has 0 spiro atoms. The second kappa shape index (κ2) is 23.8. The van der Waals surface area contributed by atoms with Gasteiger partial charge in [0.15, 0.2) is 0 Å². The van der Waals surface area contributed by atoms with Gasteiger partial charge >= 0.3 is 6.15 Å². The molecule has 0 rings (SSSR count). The van der Waals surface area contributed by atoms with Crippen molar-refractivity contribution in [1.82, 2.24) is 0 Å². The van der Waals surface area contributed by atoms with Gasteiger partial charge < -0.3 is 0 Å². The van der Waals surface area contributed by atoms with E-state index >= 15 is 0 Å². The van der Waals surface area contributed by atoms with Crippen molar-refractivity contribution in [2.45, 2.75) is 39.5 Å². The molecule has 0 bridgehead atoms. The lowest BCUT2D eigenvalue weighted by atomic mass is 10.2. The van der Waals surface area contributed by atoms with Crippen molar-refractivity contribution in [2.24, 2.45) is 0 Å². The first-order chi connectivity index (χ1) is 4.33. The first kappa shape index (κ1) is 16.2. The molecule has 0 heterocycles. The standard InChI is InChI=1S/C6H14.CO2.C/c1-3-5-6-4-2;2-1-3;/h3-6H2,1-2H3;;. The number of hydrogen-bond acceptors (Lipinski definition) is 2. The number of carbonyl (C=O) groups excluding carboxylic acids is 2. The van der Waals surface area contributed by atoms with Crippen molar-refractivity contribution in [1.29, 1.82) is 0 Å². The van der Waals surface area contributed by atoms with Gasteiger partial charge in [0, 0.05) is 7.43 Å². The van der Waals surface area contributed by atoms with E-state index in [4.69, 9.17) is 9.59 Å². The molecule has 0 aromatic carbocycles. The molecule has 58 valence electrons. The van der Waals surface area contributed by atoms with Crippen LogP contribution >= 0.6 is 0 Å². The van der Waals surface area contributed by atoms with Gasteiger partial charge in [-0.25, -0.2) is 0 Å². The van der Waals surface area contributed by atoms with E-state index in [9.17, 15) is 0 Å². The van der Waals surface area contributed by atoms with Crippen LogP contribution in [0.25, 0.3) is 0 Å². The highest BCUT2D eigenvalue weighted by Crippen LogP contribution is 1.95. The Morgan fingerprint density at radius 1 is 1.00 bits per heavy atom. The van der Waals surface area contributed by atoms with Crippen molar-refractivity contribution < 1.29 is 9.59 Å². The molecular weight excluding hydrogens is 128 g/mol. The van der Waals surface area contributed by atoms with Crippen LogP contribution in [0.1, 0.15) is 39.5 Å². The van der Waals surface area contributed by atoms with Crippen molar-refractivity contribution in [3.05, 3.63) is 7.43 Å². The molecule has 0 saturated carbocycles. The molecule has 0 amide bonds. The maximum Gasteiger partial charge on any atom is 0.373 e. The molecule has 4 radical (unpaired) electrons. The first-order valence-corrected chi connectivity index (χ1v) is 3.32. The molecule has 0 aromatic rings. The predicted octanol–water partition coefficient (Wildman–Crippen LogP) is 2.08. The molecule has 2 nitrogen and oxygen atoms in total. The Balaban J connectivity index is -0.000000107. The van der Waals surface area contributed by atoms with Gasteiger partial charge in [0.05, 0.1) is 0 Å². The SMILES string of the molecule is CCCCCC.O=C=O.[C]. The molecule has 0 atom stereocenters. The lowest BCUT2D eigenvalue weighted by Gasteiger charge is -1.86. The molecule has 0 aliphatic heterocycles. The van der Waals surface area contributed by atoms with Crippen LogP contribution in [0.4, 0.5) is 0 Å². The van der Waals surface area contributed by atoms with Gasteiger partial charge in [-0.1, -0.05) is 39.5 Å². The topological polar surface area (TPSA) is 34.1 Å². The van der Waals surface area contributed by atoms with Gasteiger partial charge in [0.25, 0.3) is 0 Å². The summed E-state index contributed by atoms with van der Waals surface area (Å²) in [7, 11) is 0. The van der Waals surface area contributed by atoms with E-state index in [1.165, 1.54) is 25.7 Å². The second-order valence-electron chi connectivity index (χ2n) is 1.79. The maximum atomic E-state index is 8.12. The van der Waals surface area contributed by atoms with Crippen molar-refractivity contribution in [3.63, 3.8) is 0 Å². The van der Waals surface area contributed by atoms with E-state index in [-0.39, 0.29) is 13.6 Å². The highest BCUT2D eigenvalue weighted by atomic mass is 16.2. The highest BCUT2D eigenvalue weighted by Gasteiger charge is 1.75. The van der Waals surface area contributed by atoms with E-state index < -0.39 is 0 Å². The van der Waals surface area contributed by atoms with Crippen molar-refractivity contribution >= 4 is 6.15 Å². The third-order valence-electron chi connectivity index (χ3n) is 0.957. The van der Waals surface area contributed by atoms with Gasteiger partial charge in [-0.15, -0.1) is 0 Å². The van der Waals surface area contributed by atoms with Crippen LogP contribution in [0.5, 0.6) is 0 Å². The Labute approximate surface area is 63.6 Å². The quantitative estimate of drug-likeness (QED) is 0.565. The fourth-order valence-electron chi connectivity index (χ4n) is 0.500. The molecule has 2 heteroatoms. The Morgan fingerprint density at radius 2 is 1.20 bits per heavy atom. The first-order valence-electron chi connectivity index (χ1n) is 3.32. The summed E-state index contributed by atoms with van der Waals surface area (Å²) in [6, 6.07) is 0.